The molecule has 1 aromatic rings. The maximum Gasteiger partial charge on any atom is 0.115 e. The molecule has 1 rings (SSSR count). The molecular weight excluding hydrogens is 168 g/mol. The Morgan fingerprint density at radius 2 is 2.46 bits per heavy atom. The van der Waals surface area contributed by atoms with Crippen LogP contribution in [0.3, 0.4) is 0 Å². The van der Waals surface area contributed by atoms with Gasteiger partial charge < -0.3 is 16.2 Å². The molecule has 0 saturated heterocycles. The molecule has 4 N–H and O–H groups in total. The second kappa shape index (κ2) is 5.58. The summed E-state index contributed by atoms with van der Waals surface area (Å²) in [6, 6.07) is 1.80. The Hall–Kier alpha value is -1.04. The minimum atomic E-state index is -0.00449. The van der Waals surface area contributed by atoms with Gasteiger partial charge in [-0.2, -0.15) is 0 Å². The number of hydrogen-bond acceptors (Lipinski definition) is 5. The van der Waals surface area contributed by atoms with Gasteiger partial charge in [-0.3, -0.25) is 0 Å². The van der Waals surface area contributed by atoms with E-state index in [-0.39, 0.29) is 12.6 Å². The van der Waals surface area contributed by atoms with Crippen molar-refractivity contribution in [3.8, 4) is 0 Å². The molecule has 5 heteroatoms. The average Bonchev–Trinajstić information content (AvgIpc) is 2.21. The minimum Gasteiger partial charge on any atom is -0.395 e. The number of aromatic nitrogens is 2. The van der Waals surface area contributed by atoms with Gasteiger partial charge in [0.25, 0.3) is 0 Å². The van der Waals surface area contributed by atoms with Gasteiger partial charge in [-0.25, -0.2) is 9.97 Å². The molecule has 0 saturated carbocycles. The summed E-state index contributed by atoms with van der Waals surface area (Å²) in [7, 11) is 0. The van der Waals surface area contributed by atoms with Crippen molar-refractivity contribution in [1.82, 2.24) is 15.3 Å². The third-order valence-electron chi connectivity index (χ3n) is 1.70. The first-order chi connectivity index (χ1) is 6.38. The van der Waals surface area contributed by atoms with Gasteiger partial charge in [0.05, 0.1) is 18.3 Å². The van der Waals surface area contributed by atoms with Crippen LogP contribution in [0.2, 0.25) is 0 Å². The van der Waals surface area contributed by atoms with Crippen molar-refractivity contribution in [2.24, 2.45) is 5.73 Å². The van der Waals surface area contributed by atoms with Gasteiger partial charge in [-0.1, -0.05) is 0 Å². The Kier molecular flexibility index (Phi) is 4.31. The molecule has 0 aliphatic rings. The van der Waals surface area contributed by atoms with Crippen LogP contribution in [0.15, 0.2) is 18.6 Å². The molecule has 0 amide bonds. The third-order valence-corrected chi connectivity index (χ3v) is 1.70. The Balaban J connectivity index is 2.56. The lowest BCUT2D eigenvalue weighted by Gasteiger charge is -2.14. The highest BCUT2D eigenvalue weighted by molar-refractivity contribution is 5.04. The van der Waals surface area contributed by atoms with Crippen molar-refractivity contribution < 1.29 is 5.11 Å². The zero-order chi connectivity index (χ0) is 9.52. The van der Waals surface area contributed by atoms with Gasteiger partial charge in [0.2, 0.25) is 0 Å². The summed E-state index contributed by atoms with van der Waals surface area (Å²) in [6.07, 6.45) is 3.16. The molecule has 1 unspecified atom stereocenters. The number of nitrogens with two attached hydrogens (primary N) is 1. The summed E-state index contributed by atoms with van der Waals surface area (Å²) in [4.78, 5) is 7.88. The fourth-order valence-corrected chi connectivity index (χ4v) is 1.05. The highest BCUT2D eigenvalue weighted by atomic mass is 16.3. The molecule has 1 atom stereocenters. The summed E-state index contributed by atoms with van der Waals surface area (Å²) in [5.41, 5.74) is 6.39. The fraction of sp³-hybridized carbons (Fsp3) is 0.500. The molecule has 0 aliphatic carbocycles. The van der Waals surface area contributed by atoms with E-state index in [9.17, 15) is 0 Å². The highest BCUT2D eigenvalue weighted by Gasteiger charge is 2.08. The van der Waals surface area contributed by atoms with E-state index in [4.69, 9.17) is 10.8 Å². The van der Waals surface area contributed by atoms with Crippen LogP contribution in [-0.2, 0) is 0 Å². The molecule has 5 nitrogen and oxygen atoms in total. The van der Waals surface area contributed by atoms with Gasteiger partial charge in [0.1, 0.15) is 6.33 Å². The summed E-state index contributed by atoms with van der Waals surface area (Å²) in [5.74, 6) is 0. The second-order valence-electron chi connectivity index (χ2n) is 2.60. The zero-order valence-corrected chi connectivity index (χ0v) is 7.35. The van der Waals surface area contributed by atoms with E-state index in [0.29, 0.717) is 13.1 Å². The van der Waals surface area contributed by atoms with Crippen molar-refractivity contribution in [3.63, 3.8) is 0 Å². The first kappa shape index (κ1) is 10.0. The van der Waals surface area contributed by atoms with Crippen molar-refractivity contribution in [1.29, 1.82) is 0 Å². The van der Waals surface area contributed by atoms with E-state index in [1.54, 1.807) is 6.20 Å². The van der Waals surface area contributed by atoms with E-state index in [1.165, 1.54) is 6.33 Å². The van der Waals surface area contributed by atoms with E-state index in [1.807, 2.05) is 6.07 Å². The van der Waals surface area contributed by atoms with Crippen molar-refractivity contribution >= 4 is 0 Å². The number of rotatable bonds is 5. The summed E-state index contributed by atoms with van der Waals surface area (Å²) < 4.78 is 0. The molecule has 0 bridgehead atoms. The lowest BCUT2D eigenvalue weighted by molar-refractivity contribution is 0.284. The van der Waals surface area contributed by atoms with E-state index >= 15 is 0 Å². The number of aliphatic hydroxyl groups is 1. The summed E-state index contributed by atoms with van der Waals surface area (Å²) >= 11 is 0. The molecule has 0 radical (unpaired) electrons. The number of nitrogens with zero attached hydrogens (tertiary/aromatic N) is 2. The molecule has 0 aromatic carbocycles. The maximum atomic E-state index is 8.62. The number of hydrogen-bond donors (Lipinski definition) is 3. The van der Waals surface area contributed by atoms with Gasteiger partial charge in [0.15, 0.2) is 0 Å². The molecule has 72 valence electrons. The summed E-state index contributed by atoms with van der Waals surface area (Å²) in [6.45, 7) is 1.07. The first-order valence-electron chi connectivity index (χ1n) is 4.18. The molecule has 0 aliphatic heterocycles. The van der Waals surface area contributed by atoms with Crippen LogP contribution in [-0.4, -0.2) is 34.8 Å². The topological polar surface area (TPSA) is 84.1 Å². The Morgan fingerprint density at radius 1 is 1.62 bits per heavy atom. The predicted molar refractivity (Wildman–Crippen MR) is 48.9 cm³/mol. The van der Waals surface area contributed by atoms with Crippen LogP contribution in [0.5, 0.6) is 0 Å². The van der Waals surface area contributed by atoms with Crippen LogP contribution < -0.4 is 11.1 Å². The largest absolute Gasteiger partial charge is 0.395 e. The molecule has 13 heavy (non-hydrogen) atoms. The molecule has 1 aromatic heterocycles. The van der Waals surface area contributed by atoms with Crippen LogP contribution in [0.1, 0.15) is 11.7 Å². The quantitative estimate of drug-likeness (QED) is 0.547. The van der Waals surface area contributed by atoms with E-state index in [0.717, 1.165) is 5.69 Å². The molecular formula is C8H14N4O. The van der Waals surface area contributed by atoms with E-state index < -0.39 is 0 Å². The lowest BCUT2D eigenvalue weighted by Crippen LogP contribution is -2.30. The highest BCUT2D eigenvalue weighted by Crippen LogP contribution is 2.05. The number of aliphatic hydroxyl groups excluding tert-OH is 1. The Bertz CT molecular complexity index is 229. The van der Waals surface area contributed by atoms with Gasteiger partial charge in [-0.05, 0) is 6.07 Å². The van der Waals surface area contributed by atoms with Crippen LogP contribution in [0, 0.1) is 0 Å². The molecule has 0 spiro atoms. The monoisotopic (exact) mass is 182 g/mol. The fourth-order valence-electron chi connectivity index (χ4n) is 1.05. The number of nitrogens with one attached hydrogen (secondary N) is 1. The molecule has 1 heterocycles. The third kappa shape index (κ3) is 3.06. The Labute approximate surface area is 77.0 Å². The van der Waals surface area contributed by atoms with Crippen molar-refractivity contribution in [2.45, 2.75) is 6.04 Å². The van der Waals surface area contributed by atoms with Crippen LogP contribution >= 0.6 is 0 Å². The zero-order valence-electron chi connectivity index (χ0n) is 7.35. The maximum absolute atomic E-state index is 8.62. The van der Waals surface area contributed by atoms with Gasteiger partial charge in [-0.15, -0.1) is 0 Å². The second-order valence-corrected chi connectivity index (χ2v) is 2.60. The van der Waals surface area contributed by atoms with Crippen LogP contribution in [0.25, 0.3) is 0 Å². The smallest absolute Gasteiger partial charge is 0.115 e. The SMILES string of the molecule is NCC(NCCO)c1ccncn1. The predicted octanol–water partition coefficient (Wildman–Crippen LogP) is -0.942. The lowest BCUT2D eigenvalue weighted by atomic mass is 10.2. The van der Waals surface area contributed by atoms with E-state index in [2.05, 4.69) is 15.3 Å². The first-order valence-corrected chi connectivity index (χ1v) is 4.18. The normalized spacial score (nSPS) is 12.8. The molecule has 0 fully saturated rings. The van der Waals surface area contributed by atoms with Gasteiger partial charge >= 0.3 is 0 Å². The Morgan fingerprint density at radius 3 is 3.00 bits per heavy atom. The minimum absolute atomic E-state index is 0.00449. The summed E-state index contributed by atoms with van der Waals surface area (Å²) in [5, 5.41) is 11.7. The van der Waals surface area contributed by atoms with Crippen molar-refractivity contribution in [2.75, 3.05) is 19.7 Å². The average molecular weight is 182 g/mol. The van der Waals surface area contributed by atoms with Crippen molar-refractivity contribution in [3.05, 3.63) is 24.3 Å². The van der Waals surface area contributed by atoms with Gasteiger partial charge in [0, 0.05) is 19.3 Å². The standard InChI is InChI=1S/C8H14N4O/c9-5-8(11-3-4-13)7-1-2-10-6-12-7/h1-2,6,8,11,13H,3-5,9H2. The van der Waals surface area contributed by atoms with Crippen LogP contribution in [0.4, 0.5) is 0 Å².